The van der Waals surface area contributed by atoms with Crippen molar-refractivity contribution in [2.75, 3.05) is 5.32 Å². The molecule has 3 nitrogen and oxygen atoms in total. The van der Waals surface area contributed by atoms with Crippen molar-refractivity contribution in [3.8, 4) is 6.07 Å². The highest BCUT2D eigenvalue weighted by Gasteiger charge is 2.29. The molecule has 1 aromatic carbocycles. The molecule has 0 aliphatic heterocycles. The summed E-state index contributed by atoms with van der Waals surface area (Å²) < 4.78 is 0. The molecule has 0 spiro atoms. The molecule has 0 unspecified atom stereocenters. The topological polar surface area (TPSA) is 56.0 Å². The Labute approximate surface area is 122 Å². The van der Waals surface area contributed by atoms with Crippen LogP contribution < -0.4 is 5.32 Å². The molecule has 98 valence electrons. The first-order valence-corrected chi connectivity index (χ1v) is 6.72. The van der Waals surface area contributed by atoms with Crippen LogP contribution in [-0.4, -0.2) is 10.1 Å². The summed E-state index contributed by atoms with van der Waals surface area (Å²) in [5, 5.41) is 22.6. The highest BCUT2D eigenvalue weighted by Crippen LogP contribution is 2.36. The lowest BCUT2D eigenvalue weighted by Gasteiger charge is -2.10. The largest absolute Gasteiger partial charge is 0.511 e. The Balaban J connectivity index is 2.18. The van der Waals surface area contributed by atoms with Crippen LogP contribution in [0.15, 0.2) is 29.5 Å². The Bertz CT molecular complexity index is 600. The van der Waals surface area contributed by atoms with E-state index < -0.39 is 0 Å². The third-order valence-corrected chi connectivity index (χ3v) is 3.71. The molecule has 1 aromatic rings. The van der Waals surface area contributed by atoms with Crippen LogP contribution in [0, 0.1) is 24.2 Å². The number of nitriles is 1. The molecule has 1 saturated carbocycles. The Hall–Kier alpha value is -1.57. The van der Waals surface area contributed by atoms with Crippen molar-refractivity contribution in [1.82, 2.24) is 0 Å². The first-order valence-electron chi connectivity index (χ1n) is 5.93. The van der Waals surface area contributed by atoms with Crippen LogP contribution >= 0.6 is 23.8 Å². The Morgan fingerprint density at radius 1 is 1.53 bits per heavy atom. The van der Waals surface area contributed by atoms with Gasteiger partial charge in [0.05, 0.1) is 0 Å². The third kappa shape index (κ3) is 3.25. The number of aliphatic hydroxyl groups is 1. The van der Waals surface area contributed by atoms with Crippen molar-refractivity contribution in [2.45, 2.75) is 19.8 Å². The third-order valence-electron chi connectivity index (χ3n) is 2.97. The molecule has 1 fully saturated rings. The van der Waals surface area contributed by atoms with E-state index in [1.807, 2.05) is 19.1 Å². The summed E-state index contributed by atoms with van der Waals surface area (Å²) in [4.78, 5) is 0.244. The number of hydrogen-bond acceptors (Lipinski definition) is 3. The molecule has 0 radical (unpaired) electrons. The molecule has 0 aromatic heterocycles. The van der Waals surface area contributed by atoms with Gasteiger partial charge in [-0.25, -0.2) is 0 Å². The van der Waals surface area contributed by atoms with Gasteiger partial charge in [0.2, 0.25) is 0 Å². The quantitative estimate of drug-likeness (QED) is 0.380. The minimum atomic E-state index is 0.0985. The van der Waals surface area contributed by atoms with E-state index in [1.165, 1.54) is 0 Å². The fourth-order valence-corrected chi connectivity index (χ4v) is 2.09. The van der Waals surface area contributed by atoms with Crippen LogP contribution in [0.5, 0.6) is 0 Å². The van der Waals surface area contributed by atoms with Crippen LogP contribution in [0.4, 0.5) is 5.69 Å². The first kappa shape index (κ1) is 13.9. The number of nitrogens with one attached hydrogen (secondary N) is 1. The molecular weight excluding hydrogens is 280 g/mol. The number of hydrogen-bond donors (Lipinski definition) is 2. The summed E-state index contributed by atoms with van der Waals surface area (Å²) in [6.45, 7) is 1.89. The highest BCUT2D eigenvalue weighted by atomic mass is 35.5. The van der Waals surface area contributed by atoms with Gasteiger partial charge in [-0.2, -0.15) is 5.26 Å². The van der Waals surface area contributed by atoms with Gasteiger partial charge in [-0.3, -0.25) is 0 Å². The molecule has 2 N–H and O–H groups in total. The molecule has 1 aliphatic rings. The average molecular weight is 293 g/mol. The van der Waals surface area contributed by atoms with E-state index in [1.54, 1.807) is 12.1 Å². The number of anilines is 1. The fourth-order valence-electron chi connectivity index (χ4n) is 1.70. The maximum Gasteiger partial charge on any atom is 0.125 e. The number of aryl methyl sites for hydroxylation is 1. The maximum absolute atomic E-state index is 9.90. The summed E-state index contributed by atoms with van der Waals surface area (Å²) >= 11 is 11.1. The number of nitrogens with zero attached hydrogens (tertiary/aromatic N) is 1. The number of benzene rings is 1. The van der Waals surface area contributed by atoms with Gasteiger partial charge >= 0.3 is 0 Å². The molecule has 2 rings (SSSR count). The summed E-state index contributed by atoms with van der Waals surface area (Å²) in [7, 11) is 0. The monoisotopic (exact) mass is 292 g/mol. The summed E-state index contributed by atoms with van der Waals surface area (Å²) in [6, 6.07) is 7.36. The lowest BCUT2D eigenvalue weighted by molar-refractivity contribution is 0.377. The Kier molecular flexibility index (Phi) is 4.08. The van der Waals surface area contributed by atoms with E-state index in [4.69, 9.17) is 29.1 Å². The van der Waals surface area contributed by atoms with Crippen molar-refractivity contribution < 1.29 is 5.11 Å². The molecule has 0 atom stereocenters. The van der Waals surface area contributed by atoms with Crippen molar-refractivity contribution >= 4 is 34.5 Å². The van der Waals surface area contributed by atoms with Crippen molar-refractivity contribution in [3.63, 3.8) is 0 Å². The van der Waals surface area contributed by atoms with Gasteiger partial charge in [0.15, 0.2) is 0 Å². The molecule has 0 saturated heterocycles. The number of thiocarbonyl (C=S) groups is 1. The summed E-state index contributed by atoms with van der Waals surface area (Å²) in [6.07, 6.45) is 1.83. The zero-order chi connectivity index (χ0) is 14.0. The van der Waals surface area contributed by atoms with Gasteiger partial charge in [-0.1, -0.05) is 23.8 Å². The second-order valence-corrected chi connectivity index (χ2v) is 5.38. The molecule has 5 heteroatoms. The van der Waals surface area contributed by atoms with Gasteiger partial charge in [0, 0.05) is 16.6 Å². The van der Waals surface area contributed by atoms with Crippen LogP contribution in [0.2, 0.25) is 5.02 Å². The molecule has 0 heterocycles. The molecule has 1 aliphatic carbocycles. The van der Waals surface area contributed by atoms with E-state index in [0.29, 0.717) is 5.02 Å². The van der Waals surface area contributed by atoms with Gasteiger partial charge in [0.25, 0.3) is 0 Å². The smallest absolute Gasteiger partial charge is 0.125 e. The molecule has 0 bridgehead atoms. The van der Waals surface area contributed by atoms with Gasteiger partial charge < -0.3 is 10.4 Å². The van der Waals surface area contributed by atoms with Crippen LogP contribution in [0.1, 0.15) is 18.4 Å². The fraction of sp³-hybridized carbons (Fsp3) is 0.286. The van der Waals surface area contributed by atoms with Gasteiger partial charge in [-0.05, 0) is 43.5 Å². The Morgan fingerprint density at radius 2 is 2.21 bits per heavy atom. The standard InChI is InChI=1S/C14H13ClN2OS/c1-8-6-10(4-5-12(8)15)17-14(19)11(7-16)13(18)9-2-3-9/h4-6,9,18H,2-3H2,1H3,(H,17,19). The number of allylic oxidation sites excluding steroid dienone is 1. The van der Waals surface area contributed by atoms with Crippen LogP contribution in [0.3, 0.4) is 0 Å². The number of aliphatic hydroxyl groups excluding tert-OH is 1. The minimum absolute atomic E-state index is 0.0985. The van der Waals surface area contributed by atoms with Gasteiger partial charge in [0.1, 0.15) is 22.4 Å². The SMILES string of the molecule is Cc1cc(NC(=S)C(C#N)=C(O)C2CC2)ccc1Cl. The lowest BCUT2D eigenvalue weighted by atomic mass is 10.1. The second-order valence-electron chi connectivity index (χ2n) is 4.56. The second kappa shape index (κ2) is 5.60. The predicted molar refractivity (Wildman–Crippen MR) is 80.4 cm³/mol. The summed E-state index contributed by atoms with van der Waals surface area (Å²) in [5.74, 6) is 0.201. The van der Waals surface area contributed by atoms with E-state index in [2.05, 4.69) is 5.32 Å². The number of halogens is 1. The van der Waals surface area contributed by atoms with E-state index in [-0.39, 0.29) is 22.2 Å². The van der Waals surface area contributed by atoms with E-state index in [9.17, 15) is 5.11 Å². The van der Waals surface area contributed by atoms with Crippen LogP contribution in [0.25, 0.3) is 0 Å². The molecule has 0 amide bonds. The zero-order valence-corrected chi connectivity index (χ0v) is 12.0. The highest BCUT2D eigenvalue weighted by molar-refractivity contribution is 7.81. The first-order chi connectivity index (χ1) is 9.02. The maximum atomic E-state index is 9.90. The van der Waals surface area contributed by atoms with Crippen LogP contribution in [-0.2, 0) is 0 Å². The molecule has 19 heavy (non-hydrogen) atoms. The normalized spacial score (nSPS) is 15.4. The lowest BCUT2D eigenvalue weighted by Crippen LogP contribution is -2.13. The van der Waals surface area contributed by atoms with E-state index in [0.717, 1.165) is 24.1 Å². The minimum Gasteiger partial charge on any atom is -0.511 e. The van der Waals surface area contributed by atoms with E-state index >= 15 is 0 Å². The predicted octanol–water partition coefficient (Wildman–Crippen LogP) is 4.13. The average Bonchev–Trinajstić information content (AvgIpc) is 3.18. The zero-order valence-electron chi connectivity index (χ0n) is 10.4. The van der Waals surface area contributed by atoms with Crippen molar-refractivity contribution in [3.05, 3.63) is 40.1 Å². The van der Waals surface area contributed by atoms with Gasteiger partial charge in [-0.15, -0.1) is 0 Å². The number of rotatable bonds is 3. The van der Waals surface area contributed by atoms with Crippen molar-refractivity contribution in [2.24, 2.45) is 5.92 Å². The molecular formula is C14H13ClN2OS. The van der Waals surface area contributed by atoms with Crippen molar-refractivity contribution in [1.29, 1.82) is 5.26 Å². The summed E-state index contributed by atoms with van der Waals surface area (Å²) in [5.41, 5.74) is 1.83. The Morgan fingerprint density at radius 3 is 2.74 bits per heavy atom.